The van der Waals surface area contributed by atoms with E-state index in [2.05, 4.69) is 250 Å². The molecule has 0 unspecified atom stereocenters. The van der Waals surface area contributed by atoms with Crippen molar-refractivity contribution in [1.82, 2.24) is 13.7 Å². The lowest BCUT2D eigenvalue weighted by Gasteiger charge is -2.35. The van der Waals surface area contributed by atoms with Gasteiger partial charge in [-0.2, -0.15) is 0 Å². The number of hydrogen-bond donors (Lipinski definition) is 0. The van der Waals surface area contributed by atoms with Crippen molar-refractivity contribution in [2.45, 2.75) is 12.8 Å². The molecule has 0 N–H and O–H groups in total. The summed E-state index contributed by atoms with van der Waals surface area (Å²) in [6.45, 7) is 0. The summed E-state index contributed by atoms with van der Waals surface area (Å²) in [4.78, 5) is 0. The van der Waals surface area contributed by atoms with Crippen molar-refractivity contribution in [3.63, 3.8) is 0 Å². The molecule has 0 saturated heterocycles. The van der Waals surface area contributed by atoms with Crippen LogP contribution in [0.15, 0.2) is 237 Å². The standard InChI is InChI=1S/C60H43N3Si/c1-5-20-42(21-6-1)61-53-33-17-14-29-50(53)58-55(61)40-41-56-59(58)51-30-15-18-34-54(51)62(56)44-36-38-47(39-37-44)64(45-24-9-3-10-25-45,46-26-11-4-12-27-46)57-35-19-31-49-48-28-13-16-32-52(48)63(60(49)57)43-22-7-2-8-23-43/h1-5,7-20,22-41H,6,21H2. The molecule has 3 heterocycles. The molecule has 302 valence electrons. The summed E-state index contributed by atoms with van der Waals surface area (Å²) in [5, 5.41) is 13.1. The van der Waals surface area contributed by atoms with Crippen LogP contribution in [-0.4, -0.2) is 21.8 Å². The van der Waals surface area contributed by atoms with E-state index in [1.54, 1.807) is 0 Å². The van der Waals surface area contributed by atoms with E-state index in [1.807, 2.05) is 0 Å². The van der Waals surface area contributed by atoms with Crippen LogP contribution in [0.2, 0.25) is 0 Å². The Kier molecular flexibility index (Phi) is 8.37. The summed E-state index contributed by atoms with van der Waals surface area (Å²) in [7, 11) is -3.03. The maximum atomic E-state index is 2.51. The second-order valence-electron chi connectivity index (χ2n) is 17.1. The van der Waals surface area contributed by atoms with E-state index in [9.17, 15) is 0 Å². The summed E-state index contributed by atoms with van der Waals surface area (Å²) in [5.41, 5.74) is 11.1. The Balaban J connectivity index is 1.09. The van der Waals surface area contributed by atoms with Crippen LogP contribution in [0.3, 0.4) is 0 Å². The van der Waals surface area contributed by atoms with Crippen molar-refractivity contribution in [3.8, 4) is 11.4 Å². The molecule has 3 aromatic heterocycles. The summed E-state index contributed by atoms with van der Waals surface area (Å²) >= 11 is 0. The lowest BCUT2D eigenvalue weighted by molar-refractivity contribution is 0.979. The third kappa shape index (κ3) is 5.27. The molecule has 3 nitrogen and oxygen atoms in total. The lowest BCUT2D eigenvalue weighted by atomic mass is 10.1. The Labute approximate surface area is 372 Å². The number of fused-ring (bicyclic) bond motifs is 10. The highest BCUT2D eigenvalue weighted by atomic mass is 28.3. The molecule has 64 heavy (non-hydrogen) atoms. The van der Waals surface area contributed by atoms with Crippen LogP contribution in [-0.2, 0) is 0 Å². The molecule has 4 heteroatoms. The van der Waals surface area contributed by atoms with Gasteiger partial charge in [-0.25, -0.2) is 0 Å². The molecule has 0 atom stereocenters. The quantitative estimate of drug-likeness (QED) is 0.112. The Morgan fingerprint density at radius 1 is 0.344 bits per heavy atom. The van der Waals surface area contributed by atoms with Gasteiger partial charge in [-0.15, -0.1) is 0 Å². The molecule has 12 aromatic rings. The van der Waals surface area contributed by atoms with E-state index in [0.717, 1.165) is 24.2 Å². The zero-order valence-electron chi connectivity index (χ0n) is 35.3. The second-order valence-corrected chi connectivity index (χ2v) is 20.9. The minimum Gasteiger partial charge on any atom is -0.313 e. The van der Waals surface area contributed by atoms with E-state index < -0.39 is 8.07 Å². The Morgan fingerprint density at radius 2 is 0.828 bits per heavy atom. The third-order valence-corrected chi connectivity index (χ3v) is 18.6. The minimum absolute atomic E-state index is 1.02. The van der Waals surface area contributed by atoms with Crippen molar-refractivity contribution >= 4 is 99.9 Å². The predicted octanol–water partition coefficient (Wildman–Crippen LogP) is 12.6. The highest BCUT2D eigenvalue weighted by Crippen LogP contribution is 2.43. The third-order valence-electron chi connectivity index (χ3n) is 13.8. The van der Waals surface area contributed by atoms with Crippen LogP contribution in [0.5, 0.6) is 0 Å². The fourth-order valence-electron chi connectivity index (χ4n) is 11.3. The highest BCUT2D eigenvalue weighted by Gasteiger charge is 2.43. The molecule has 0 spiro atoms. The molecular weight excluding hydrogens is 791 g/mol. The molecule has 0 amide bonds. The first-order chi connectivity index (χ1) is 31.8. The van der Waals surface area contributed by atoms with Gasteiger partial charge in [-0.05, 0) is 94.3 Å². The van der Waals surface area contributed by atoms with Crippen LogP contribution < -0.4 is 20.7 Å². The average Bonchev–Trinajstić information content (AvgIpc) is 4.02. The van der Waals surface area contributed by atoms with Crippen molar-refractivity contribution in [2.75, 3.05) is 0 Å². The number of benzene rings is 9. The van der Waals surface area contributed by atoms with E-state index >= 15 is 0 Å². The van der Waals surface area contributed by atoms with E-state index in [4.69, 9.17) is 0 Å². The molecule has 0 aliphatic heterocycles. The van der Waals surface area contributed by atoms with Crippen LogP contribution in [0, 0.1) is 0 Å². The smallest absolute Gasteiger partial charge is 0.181 e. The van der Waals surface area contributed by atoms with E-state index in [-0.39, 0.29) is 0 Å². The number of allylic oxidation sites excluding steroid dienone is 4. The maximum Gasteiger partial charge on any atom is 0.181 e. The van der Waals surface area contributed by atoms with Crippen LogP contribution in [0.25, 0.3) is 82.5 Å². The summed E-state index contributed by atoms with van der Waals surface area (Å²) in [6, 6.07) is 81.8. The highest BCUT2D eigenvalue weighted by molar-refractivity contribution is 7.20. The minimum atomic E-state index is -3.03. The average molecular weight is 834 g/mol. The van der Waals surface area contributed by atoms with E-state index in [0.29, 0.717) is 0 Å². The molecule has 1 aliphatic carbocycles. The van der Waals surface area contributed by atoms with Crippen molar-refractivity contribution in [2.24, 2.45) is 0 Å². The number of para-hydroxylation sites is 5. The zero-order valence-corrected chi connectivity index (χ0v) is 36.3. The SMILES string of the molecule is C1=CCCC(n2c3ccccc3c3c4c5ccccc5n(-c5ccc([Si](c6ccccc6)(c6ccccc6)c6cccc7c8ccccc8n(-c8ccccc8)c67)cc5)c4ccc32)=C1. The maximum absolute atomic E-state index is 3.03. The Morgan fingerprint density at radius 3 is 1.44 bits per heavy atom. The fraction of sp³-hybridized carbons (Fsp3) is 0.0333. The Bertz CT molecular complexity index is 3770. The molecule has 0 fully saturated rings. The van der Waals surface area contributed by atoms with Gasteiger partial charge < -0.3 is 13.7 Å². The first-order valence-corrected chi connectivity index (χ1v) is 24.4. The number of hydrogen-bond acceptors (Lipinski definition) is 0. The number of rotatable bonds is 7. The van der Waals surface area contributed by atoms with Crippen molar-refractivity contribution in [1.29, 1.82) is 0 Å². The Hall–Kier alpha value is -7.92. The van der Waals surface area contributed by atoms with Crippen molar-refractivity contribution in [3.05, 3.63) is 237 Å². The monoisotopic (exact) mass is 833 g/mol. The largest absolute Gasteiger partial charge is 0.313 e. The summed E-state index contributed by atoms with van der Waals surface area (Å²) in [5.74, 6) is 0. The topological polar surface area (TPSA) is 14.8 Å². The van der Waals surface area contributed by atoms with Gasteiger partial charge in [0.15, 0.2) is 8.07 Å². The van der Waals surface area contributed by atoms with Crippen LogP contribution in [0.1, 0.15) is 12.8 Å². The zero-order chi connectivity index (χ0) is 42.2. The van der Waals surface area contributed by atoms with Crippen LogP contribution >= 0.6 is 0 Å². The molecule has 9 aromatic carbocycles. The normalized spacial score (nSPS) is 13.2. The van der Waals surface area contributed by atoms with Gasteiger partial charge in [-0.3, -0.25) is 0 Å². The van der Waals surface area contributed by atoms with E-state index in [1.165, 1.54) is 91.9 Å². The molecule has 0 radical (unpaired) electrons. The molecule has 1 aliphatic rings. The van der Waals surface area contributed by atoms with Crippen LogP contribution in [0.4, 0.5) is 0 Å². The fourth-order valence-corrected chi connectivity index (χ4v) is 16.2. The number of aromatic nitrogens is 3. The predicted molar refractivity (Wildman–Crippen MR) is 274 cm³/mol. The first kappa shape index (κ1) is 36.7. The first-order valence-electron chi connectivity index (χ1n) is 22.4. The second kappa shape index (κ2) is 14.6. The van der Waals surface area contributed by atoms with Gasteiger partial charge in [0.1, 0.15) is 0 Å². The molecule has 0 bridgehead atoms. The van der Waals surface area contributed by atoms with Gasteiger partial charge >= 0.3 is 0 Å². The van der Waals surface area contributed by atoms with Gasteiger partial charge in [0.2, 0.25) is 0 Å². The molecular formula is C60H43N3Si. The molecule has 13 rings (SSSR count). The van der Waals surface area contributed by atoms with Crippen molar-refractivity contribution < 1.29 is 0 Å². The number of nitrogens with zero attached hydrogens (tertiary/aromatic N) is 3. The van der Waals surface area contributed by atoms with Gasteiger partial charge in [0, 0.05) is 49.4 Å². The summed E-state index contributed by atoms with van der Waals surface area (Å²) in [6.07, 6.45) is 8.86. The lowest BCUT2D eigenvalue weighted by Crippen LogP contribution is -2.75. The molecule has 0 saturated carbocycles. The van der Waals surface area contributed by atoms with Gasteiger partial charge in [0.25, 0.3) is 0 Å². The summed E-state index contributed by atoms with van der Waals surface area (Å²) < 4.78 is 7.51. The van der Waals surface area contributed by atoms with Gasteiger partial charge in [0.05, 0.1) is 33.1 Å². The van der Waals surface area contributed by atoms with Gasteiger partial charge in [-0.1, -0.05) is 176 Å².